The van der Waals surface area contributed by atoms with Crippen LogP contribution in [-0.2, 0) is 11.2 Å². The van der Waals surface area contributed by atoms with E-state index >= 15 is 0 Å². The van der Waals surface area contributed by atoms with Crippen LogP contribution in [0.5, 0.6) is 0 Å². The van der Waals surface area contributed by atoms with Crippen LogP contribution >= 0.6 is 0 Å². The lowest BCUT2D eigenvalue weighted by atomic mass is 9.72. The summed E-state index contributed by atoms with van der Waals surface area (Å²) in [5.41, 5.74) is 3.90. The number of hydrogen-bond acceptors (Lipinski definition) is 2. The van der Waals surface area contributed by atoms with Crippen LogP contribution < -0.4 is 0 Å². The number of carboxylic acid groups (broad SMARTS) is 1. The highest BCUT2D eigenvalue weighted by Gasteiger charge is 2.42. The highest BCUT2D eigenvalue weighted by Crippen LogP contribution is 2.44. The van der Waals surface area contributed by atoms with Gasteiger partial charge in [0.05, 0.1) is 5.92 Å². The zero-order valence-electron chi connectivity index (χ0n) is 12.2. The first-order chi connectivity index (χ1) is 10.2. The molecule has 0 spiro atoms. The lowest BCUT2D eigenvalue weighted by Gasteiger charge is -2.45. The number of aliphatic carboxylic acids is 1. The predicted molar refractivity (Wildman–Crippen MR) is 81.5 cm³/mol. The average molecular weight is 284 g/mol. The summed E-state index contributed by atoms with van der Waals surface area (Å²) in [5, 5.41) is 10.8. The fraction of sp³-hybridized carbons (Fsp3) is 0.471. The minimum atomic E-state index is -0.654. The monoisotopic (exact) mass is 284 g/mol. The Morgan fingerprint density at radius 2 is 2.33 bits per heavy atom. The lowest BCUT2D eigenvalue weighted by Crippen LogP contribution is -2.51. The normalized spacial score (nSPS) is 28.5. The highest BCUT2D eigenvalue weighted by molar-refractivity contribution is 5.88. The van der Waals surface area contributed by atoms with Crippen LogP contribution in [0.1, 0.15) is 30.4 Å². The number of nitrogens with one attached hydrogen (secondary N) is 1. The number of fused-ring (bicyclic) bond motifs is 2. The number of likely N-dealkylation sites (tertiary alicyclic amines) is 1. The number of piperidine rings is 1. The Balaban J connectivity index is 1.83. The number of carboxylic acids is 1. The summed E-state index contributed by atoms with van der Waals surface area (Å²) >= 11 is 0. The van der Waals surface area contributed by atoms with Gasteiger partial charge in [0, 0.05) is 35.6 Å². The maximum absolute atomic E-state index is 11.5. The molecule has 0 saturated carbocycles. The molecule has 1 aliphatic heterocycles. The average Bonchev–Trinajstić information content (AvgIpc) is 2.91. The van der Waals surface area contributed by atoms with E-state index < -0.39 is 5.97 Å². The molecule has 1 aromatic carbocycles. The van der Waals surface area contributed by atoms with E-state index in [2.05, 4.69) is 41.2 Å². The van der Waals surface area contributed by atoms with Crippen molar-refractivity contribution in [3.63, 3.8) is 0 Å². The van der Waals surface area contributed by atoms with E-state index in [1.807, 2.05) is 0 Å². The van der Waals surface area contributed by atoms with Crippen LogP contribution in [0.4, 0.5) is 0 Å². The Hall–Kier alpha value is -1.81. The fourth-order valence-corrected chi connectivity index (χ4v) is 4.34. The summed E-state index contributed by atoms with van der Waals surface area (Å²) in [4.78, 5) is 17.2. The number of rotatable bonds is 2. The maximum Gasteiger partial charge on any atom is 0.307 e. The second kappa shape index (κ2) is 4.60. The molecule has 2 N–H and O–H groups in total. The Kier molecular flexibility index (Phi) is 2.82. The van der Waals surface area contributed by atoms with E-state index in [9.17, 15) is 9.90 Å². The second-order valence-electron chi connectivity index (χ2n) is 6.32. The van der Waals surface area contributed by atoms with Crippen molar-refractivity contribution < 1.29 is 9.90 Å². The quantitative estimate of drug-likeness (QED) is 0.891. The van der Waals surface area contributed by atoms with Crippen molar-refractivity contribution in [3.8, 4) is 0 Å². The van der Waals surface area contributed by atoms with Crippen molar-refractivity contribution >= 4 is 16.9 Å². The summed E-state index contributed by atoms with van der Waals surface area (Å²) in [6.45, 7) is 3.73. The summed E-state index contributed by atoms with van der Waals surface area (Å²) in [6.07, 6.45) is 3.92. The van der Waals surface area contributed by atoms with Gasteiger partial charge < -0.3 is 10.1 Å². The van der Waals surface area contributed by atoms with Crippen LogP contribution in [0.25, 0.3) is 10.9 Å². The third kappa shape index (κ3) is 1.82. The van der Waals surface area contributed by atoms with E-state index in [0.717, 1.165) is 19.4 Å². The van der Waals surface area contributed by atoms with Gasteiger partial charge in [-0.1, -0.05) is 19.1 Å². The number of likely N-dealkylation sites (N-methyl/N-ethyl adjacent to an activating group) is 1. The minimum absolute atomic E-state index is 0.248. The van der Waals surface area contributed by atoms with Crippen molar-refractivity contribution in [2.24, 2.45) is 5.92 Å². The van der Waals surface area contributed by atoms with Gasteiger partial charge in [0.25, 0.3) is 0 Å². The molecule has 1 saturated heterocycles. The Labute approximate surface area is 123 Å². The highest BCUT2D eigenvalue weighted by atomic mass is 16.4. The number of H-pyrrole nitrogens is 1. The van der Waals surface area contributed by atoms with Crippen molar-refractivity contribution in [1.29, 1.82) is 0 Å². The topological polar surface area (TPSA) is 56.3 Å². The van der Waals surface area contributed by atoms with Gasteiger partial charge in [-0.2, -0.15) is 0 Å². The van der Waals surface area contributed by atoms with Gasteiger partial charge in [0.15, 0.2) is 0 Å². The van der Waals surface area contributed by atoms with E-state index in [0.29, 0.717) is 18.5 Å². The van der Waals surface area contributed by atoms with Crippen molar-refractivity contribution in [2.75, 3.05) is 13.1 Å². The Morgan fingerprint density at radius 3 is 3.10 bits per heavy atom. The molecule has 2 aliphatic rings. The summed E-state index contributed by atoms with van der Waals surface area (Å²) < 4.78 is 0. The molecule has 0 unspecified atom stereocenters. The van der Waals surface area contributed by atoms with E-state index in [4.69, 9.17) is 0 Å². The molecule has 1 aliphatic carbocycles. The van der Waals surface area contributed by atoms with Gasteiger partial charge in [0.2, 0.25) is 0 Å². The van der Waals surface area contributed by atoms with Gasteiger partial charge in [-0.3, -0.25) is 9.69 Å². The number of aromatic nitrogens is 1. The van der Waals surface area contributed by atoms with Crippen molar-refractivity contribution in [3.05, 3.63) is 35.5 Å². The fourth-order valence-electron chi connectivity index (χ4n) is 4.34. The molecule has 4 rings (SSSR count). The third-order valence-corrected chi connectivity index (χ3v) is 5.33. The van der Waals surface area contributed by atoms with E-state index in [1.165, 1.54) is 22.0 Å². The molecule has 21 heavy (non-hydrogen) atoms. The van der Waals surface area contributed by atoms with E-state index in [1.54, 1.807) is 0 Å². The van der Waals surface area contributed by atoms with Crippen LogP contribution in [-0.4, -0.2) is 40.1 Å². The molecule has 3 atom stereocenters. The number of benzene rings is 1. The molecule has 1 aromatic heterocycles. The molecule has 4 nitrogen and oxygen atoms in total. The molecule has 0 amide bonds. The number of nitrogens with zero attached hydrogens (tertiary/aromatic N) is 1. The lowest BCUT2D eigenvalue weighted by molar-refractivity contribution is -0.144. The minimum Gasteiger partial charge on any atom is -0.481 e. The third-order valence-electron chi connectivity index (χ3n) is 5.33. The molecule has 1 fully saturated rings. The predicted octanol–water partition coefficient (Wildman–Crippen LogP) is 2.60. The van der Waals surface area contributed by atoms with Gasteiger partial charge in [-0.15, -0.1) is 0 Å². The zero-order chi connectivity index (χ0) is 14.6. The number of carbonyl (C=O) groups is 1. The molecule has 2 aromatic rings. The van der Waals surface area contributed by atoms with Crippen LogP contribution in [0.15, 0.2) is 24.4 Å². The van der Waals surface area contributed by atoms with Crippen LogP contribution in [0, 0.1) is 5.92 Å². The van der Waals surface area contributed by atoms with Crippen LogP contribution in [0.2, 0.25) is 0 Å². The molecule has 4 heteroatoms. The largest absolute Gasteiger partial charge is 0.481 e. The smallest absolute Gasteiger partial charge is 0.307 e. The zero-order valence-corrected chi connectivity index (χ0v) is 12.2. The molecule has 0 bridgehead atoms. The van der Waals surface area contributed by atoms with Gasteiger partial charge in [0.1, 0.15) is 0 Å². The Morgan fingerprint density at radius 1 is 1.48 bits per heavy atom. The first-order valence-electron chi connectivity index (χ1n) is 7.74. The maximum atomic E-state index is 11.5. The number of hydrogen-bond donors (Lipinski definition) is 2. The summed E-state index contributed by atoms with van der Waals surface area (Å²) in [5.74, 6) is -0.562. The molecular weight excluding hydrogens is 264 g/mol. The standard InChI is InChI=1S/C17H20N2O2/c1-2-19-9-11(17(20)21)6-13-12-4-3-5-14-16(12)10(8-18-14)7-15(13)19/h3-5,8,11,13,15,18H,2,6-7,9H2,1H3,(H,20,21)/t11-,13-,15-/m1/s1. The second-order valence-corrected chi connectivity index (χ2v) is 6.32. The molecule has 0 radical (unpaired) electrons. The summed E-state index contributed by atoms with van der Waals surface area (Å²) in [7, 11) is 0. The van der Waals surface area contributed by atoms with Gasteiger partial charge in [-0.05, 0) is 36.6 Å². The molecular formula is C17H20N2O2. The van der Waals surface area contributed by atoms with Crippen molar-refractivity contribution in [2.45, 2.75) is 31.7 Å². The van der Waals surface area contributed by atoms with Crippen LogP contribution in [0.3, 0.4) is 0 Å². The first kappa shape index (κ1) is 12.9. The number of aromatic amines is 1. The van der Waals surface area contributed by atoms with Gasteiger partial charge >= 0.3 is 5.97 Å². The Bertz CT molecular complexity index is 706. The molecule has 2 heterocycles. The van der Waals surface area contributed by atoms with E-state index in [-0.39, 0.29) is 5.92 Å². The SMILES string of the molecule is CCN1C[C@H](C(=O)O)C[C@@H]2c3cccc4[nH]cc(c34)C[C@H]21. The molecule has 110 valence electrons. The first-order valence-corrected chi connectivity index (χ1v) is 7.74. The summed E-state index contributed by atoms with van der Waals surface area (Å²) in [6, 6.07) is 6.83. The van der Waals surface area contributed by atoms with Crippen molar-refractivity contribution in [1.82, 2.24) is 9.88 Å². The van der Waals surface area contributed by atoms with Gasteiger partial charge in [-0.25, -0.2) is 0 Å².